The molecule has 0 unspecified atom stereocenters. The molecule has 3 nitrogen and oxygen atoms in total. The minimum atomic E-state index is -0.379. The van der Waals surface area contributed by atoms with Gasteiger partial charge in [0.15, 0.2) is 0 Å². The lowest BCUT2D eigenvalue weighted by Gasteiger charge is -2.27. The van der Waals surface area contributed by atoms with Crippen molar-refractivity contribution in [3.8, 4) is 0 Å². The van der Waals surface area contributed by atoms with E-state index < -0.39 is 0 Å². The Morgan fingerprint density at radius 3 is 2.62 bits per heavy atom. The molecule has 2 rings (SSSR count). The normalized spacial score (nSPS) is 16.7. The van der Waals surface area contributed by atoms with E-state index in [9.17, 15) is 9.18 Å². The fourth-order valence-electron chi connectivity index (χ4n) is 3.21. The summed E-state index contributed by atoms with van der Waals surface area (Å²) in [5, 5.41) is 5.95. The van der Waals surface area contributed by atoms with Crippen LogP contribution >= 0.6 is 0 Å². The van der Waals surface area contributed by atoms with Gasteiger partial charge in [0.05, 0.1) is 11.3 Å². The summed E-state index contributed by atoms with van der Waals surface area (Å²) < 4.78 is 13.8. The lowest BCUT2D eigenvalue weighted by atomic mass is 9.83. The molecule has 116 valence electrons. The Morgan fingerprint density at radius 2 is 2.00 bits per heavy atom. The van der Waals surface area contributed by atoms with E-state index in [4.69, 9.17) is 0 Å². The Balaban J connectivity index is 2.08. The molecule has 0 bridgehead atoms. The highest BCUT2D eigenvalue weighted by molar-refractivity contribution is 5.99. The molecule has 1 saturated carbocycles. The molecule has 0 heterocycles. The zero-order valence-corrected chi connectivity index (χ0v) is 13.0. The van der Waals surface area contributed by atoms with Gasteiger partial charge in [0, 0.05) is 13.1 Å². The highest BCUT2D eigenvalue weighted by atomic mass is 19.1. The molecule has 21 heavy (non-hydrogen) atoms. The number of halogens is 1. The third-order valence-corrected chi connectivity index (χ3v) is 4.65. The maximum absolute atomic E-state index is 13.8. The first-order valence-electron chi connectivity index (χ1n) is 7.92. The van der Waals surface area contributed by atoms with Gasteiger partial charge in [-0.05, 0) is 43.7 Å². The maximum atomic E-state index is 13.8. The Morgan fingerprint density at radius 1 is 1.29 bits per heavy atom. The Hall–Kier alpha value is -1.58. The van der Waals surface area contributed by atoms with Crippen LogP contribution in [0.4, 0.5) is 10.1 Å². The van der Waals surface area contributed by atoms with E-state index in [2.05, 4.69) is 17.6 Å². The van der Waals surface area contributed by atoms with Crippen LogP contribution in [0.15, 0.2) is 18.2 Å². The van der Waals surface area contributed by atoms with E-state index in [-0.39, 0.29) is 17.1 Å². The summed E-state index contributed by atoms with van der Waals surface area (Å²) in [6.45, 7) is 5.34. The first kappa shape index (κ1) is 15.8. The molecule has 2 N–H and O–H groups in total. The first-order chi connectivity index (χ1) is 10.1. The molecular formula is C17H25FN2O. The summed E-state index contributed by atoms with van der Waals surface area (Å²) in [7, 11) is 0. The Kier molecular flexibility index (Phi) is 5.21. The van der Waals surface area contributed by atoms with Crippen molar-refractivity contribution in [1.82, 2.24) is 5.32 Å². The van der Waals surface area contributed by atoms with Gasteiger partial charge < -0.3 is 10.6 Å². The van der Waals surface area contributed by atoms with Crippen LogP contribution in [-0.2, 0) is 0 Å². The summed E-state index contributed by atoms with van der Waals surface area (Å²) in [6, 6.07) is 4.62. The average Bonchev–Trinajstić information content (AvgIpc) is 2.96. The second-order valence-corrected chi connectivity index (χ2v) is 5.94. The zero-order chi connectivity index (χ0) is 15.3. The van der Waals surface area contributed by atoms with Crippen LogP contribution in [0.1, 0.15) is 56.3 Å². The second kappa shape index (κ2) is 6.92. The molecule has 0 radical (unpaired) electrons. The molecule has 1 aromatic rings. The molecule has 0 saturated heterocycles. The highest BCUT2D eigenvalue weighted by Crippen LogP contribution is 2.40. The zero-order valence-electron chi connectivity index (χ0n) is 13.0. The van der Waals surface area contributed by atoms with Gasteiger partial charge in [-0.1, -0.05) is 25.8 Å². The van der Waals surface area contributed by atoms with E-state index >= 15 is 0 Å². The van der Waals surface area contributed by atoms with Crippen LogP contribution in [0.2, 0.25) is 0 Å². The first-order valence-corrected chi connectivity index (χ1v) is 7.92. The van der Waals surface area contributed by atoms with Gasteiger partial charge in [-0.2, -0.15) is 0 Å². The van der Waals surface area contributed by atoms with E-state index in [1.54, 1.807) is 12.1 Å². The topological polar surface area (TPSA) is 41.1 Å². The number of anilines is 1. The quantitative estimate of drug-likeness (QED) is 0.833. The van der Waals surface area contributed by atoms with Gasteiger partial charge in [0.1, 0.15) is 5.82 Å². The number of hydrogen-bond donors (Lipinski definition) is 2. The lowest BCUT2D eigenvalue weighted by molar-refractivity contribution is 0.0929. The van der Waals surface area contributed by atoms with Crippen LogP contribution in [0.25, 0.3) is 0 Å². The fraction of sp³-hybridized carbons (Fsp3) is 0.588. The van der Waals surface area contributed by atoms with Gasteiger partial charge in [-0.25, -0.2) is 4.39 Å². The van der Waals surface area contributed by atoms with Crippen molar-refractivity contribution >= 4 is 11.6 Å². The van der Waals surface area contributed by atoms with Crippen molar-refractivity contribution in [3.63, 3.8) is 0 Å². The highest BCUT2D eigenvalue weighted by Gasteiger charge is 2.32. The number of nitrogens with one attached hydrogen (secondary N) is 2. The molecule has 1 fully saturated rings. The largest absolute Gasteiger partial charge is 0.382 e. The summed E-state index contributed by atoms with van der Waals surface area (Å²) in [4.78, 5) is 12.4. The summed E-state index contributed by atoms with van der Waals surface area (Å²) in [6.07, 6.45) is 5.91. The van der Waals surface area contributed by atoms with Gasteiger partial charge >= 0.3 is 0 Å². The van der Waals surface area contributed by atoms with Crippen molar-refractivity contribution in [2.45, 2.75) is 46.0 Å². The molecule has 0 spiro atoms. The Bertz CT molecular complexity index is 496. The standard InChI is InChI=1S/C17H25FN2O/c1-3-17(10-5-6-11-17)12-20-16(21)13-8-7-9-14(18)15(13)19-4-2/h7-9,19H,3-6,10-12H2,1-2H3,(H,20,21). The minimum absolute atomic E-state index is 0.190. The third-order valence-electron chi connectivity index (χ3n) is 4.65. The number of hydrogen-bond acceptors (Lipinski definition) is 2. The molecule has 1 aliphatic carbocycles. The molecule has 1 aromatic carbocycles. The number of rotatable bonds is 6. The van der Waals surface area contributed by atoms with Crippen LogP contribution in [-0.4, -0.2) is 19.0 Å². The molecule has 4 heteroatoms. The van der Waals surface area contributed by atoms with Crippen molar-refractivity contribution in [3.05, 3.63) is 29.6 Å². The fourth-order valence-corrected chi connectivity index (χ4v) is 3.21. The predicted octanol–water partition coefficient (Wildman–Crippen LogP) is 3.96. The van der Waals surface area contributed by atoms with Crippen molar-refractivity contribution in [2.75, 3.05) is 18.4 Å². The molecule has 1 aliphatic rings. The van der Waals surface area contributed by atoms with Crippen molar-refractivity contribution in [2.24, 2.45) is 5.41 Å². The van der Waals surface area contributed by atoms with E-state index in [0.29, 0.717) is 24.3 Å². The summed E-state index contributed by atoms with van der Waals surface area (Å²) >= 11 is 0. The molecule has 0 aromatic heterocycles. The predicted molar refractivity (Wildman–Crippen MR) is 84.1 cm³/mol. The van der Waals surface area contributed by atoms with Crippen LogP contribution in [0.5, 0.6) is 0 Å². The van der Waals surface area contributed by atoms with E-state index in [1.165, 1.54) is 31.7 Å². The smallest absolute Gasteiger partial charge is 0.253 e. The van der Waals surface area contributed by atoms with Crippen LogP contribution < -0.4 is 10.6 Å². The van der Waals surface area contributed by atoms with Gasteiger partial charge in [-0.3, -0.25) is 4.79 Å². The Labute approximate surface area is 126 Å². The van der Waals surface area contributed by atoms with Gasteiger partial charge in [-0.15, -0.1) is 0 Å². The molecule has 0 atom stereocenters. The van der Waals surface area contributed by atoms with Gasteiger partial charge in [0.25, 0.3) is 5.91 Å². The number of para-hydroxylation sites is 1. The lowest BCUT2D eigenvalue weighted by Crippen LogP contribution is -2.36. The second-order valence-electron chi connectivity index (χ2n) is 5.94. The number of carbonyl (C=O) groups is 1. The SMILES string of the molecule is CCNc1c(F)cccc1C(=O)NCC1(CC)CCCC1. The van der Waals surface area contributed by atoms with Crippen molar-refractivity contribution in [1.29, 1.82) is 0 Å². The monoisotopic (exact) mass is 292 g/mol. The summed E-state index contributed by atoms with van der Waals surface area (Å²) in [5.74, 6) is -0.569. The van der Waals surface area contributed by atoms with Crippen molar-refractivity contribution < 1.29 is 9.18 Å². The number of carbonyl (C=O) groups excluding carboxylic acids is 1. The average molecular weight is 292 g/mol. The van der Waals surface area contributed by atoms with Crippen LogP contribution in [0, 0.1) is 11.2 Å². The third kappa shape index (κ3) is 3.55. The molecular weight excluding hydrogens is 267 g/mol. The van der Waals surface area contributed by atoms with E-state index in [1.807, 2.05) is 6.92 Å². The molecule has 1 amide bonds. The summed E-state index contributed by atoms with van der Waals surface area (Å²) in [5.41, 5.74) is 0.928. The minimum Gasteiger partial charge on any atom is -0.382 e. The number of benzene rings is 1. The maximum Gasteiger partial charge on any atom is 0.253 e. The molecule has 0 aliphatic heterocycles. The van der Waals surface area contributed by atoms with Crippen LogP contribution in [0.3, 0.4) is 0 Å². The van der Waals surface area contributed by atoms with Gasteiger partial charge in [0.2, 0.25) is 0 Å². The van der Waals surface area contributed by atoms with E-state index in [0.717, 1.165) is 6.42 Å². The number of amides is 1.